The fourth-order valence-corrected chi connectivity index (χ4v) is 7.02. The number of rotatable bonds is 3. The minimum atomic E-state index is -0.148. The maximum Gasteiger partial charge on any atom is 0.228 e. The van der Waals surface area contributed by atoms with Crippen molar-refractivity contribution in [3.05, 3.63) is 40.8 Å². The average molecular weight is 391 g/mol. The quantitative estimate of drug-likeness (QED) is 0.563. The highest BCUT2D eigenvalue weighted by Crippen LogP contribution is 2.60. The van der Waals surface area contributed by atoms with E-state index in [0.717, 1.165) is 60.3 Å². The number of allylic oxidation sites excluding steroid dienone is 1. The number of methoxy groups -OCH3 is 1. The molecule has 0 saturated heterocycles. The number of hydrogen-bond acceptors (Lipinski definition) is 3. The summed E-state index contributed by atoms with van der Waals surface area (Å²) >= 11 is 0. The normalized spacial score (nSPS) is 35.0. The number of fused-ring (bicyclic) bond motifs is 1. The van der Waals surface area contributed by atoms with E-state index in [0.29, 0.717) is 17.2 Å². The van der Waals surface area contributed by atoms with E-state index in [1.807, 2.05) is 18.2 Å². The number of benzene rings is 1. The van der Waals surface area contributed by atoms with Crippen LogP contribution in [0.1, 0.15) is 63.5 Å². The largest absolute Gasteiger partial charge is 0.508 e. The highest BCUT2D eigenvalue weighted by molar-refractivity contribution is 6.01. The van der Waals surface area contributed by atoms with Crippen molar-refractivity contribution in [2.45, 2.75) is 64.3 Å². The molecule has 0 spiro atoms. The highest BCUT2D eigenvalue weighted by atomic mass is 16.5. The number of hydrogen-bond donors (Lipinski definition) is 1. The topological polar surface area (TPSA) is 42.7 Å². The van der Waals surface area contributed by atoms with Crippen LogP contribution in [0, 0.1) is 29.7 Å². The zero-order valence-corrected chi connectivity index (χ0v) is 17.7. The highest BCUT2D eigenvalue weighted by Gasteiger charge is 2.54. The molecule has 4 heteroatoms. The van der Waals surface area contributed by atoms with Crippen LogP contribution < -0.4 is 10.1 Å². The van der Waals surface area contributed by atoms with E-state index in [4.69, 9.17) is 11.3 Å². The molecular weight excluding hydrogens is 360 g/mol. The zero-order chi connectivity index (χ0) is 20.4. The molecule has 4 aliphatic carbocycles. The van der Waals surface area contributed by atoms with Gasteiger partial charge in [-0.15, -0.1) is 0 Å². The fourth-order valence-electron chi connectivity index (χ4n) is 7.02. The van der Waals surface area contributed by atoms with E-state index in [1.165, 1.54) is 19.3 Å². The van der Waals surface area contributed by atoms with E-state index >= 15 is 0 Å². The van der Waals surface area contributed by atoms with Gasteiger partial charge in [0.25, 0.3) is 0 Å². The summed E-state index contributed by atoms with van der Waals surface area (Å²) in [4.78, 5) is 17.3. The predicted molar refractivity (Wildman–Crippen MR) is 114 cm³/mol. The third kappa shape index (κ3) is 3.06. The minimum Gasteiger partial charge on any atom is -0.508 e. The summed E-state index contributed by atoms with van der Waals surface area (Å²) in [6.07, 6.45) is 9.96. The van der Waals surface area contributed by atoms with Gasteiger partial charge >= 0.3 is 0 Å². The Morgan fingerprint density at radius 1 is 1.17 bits per heavy atom. The fraction of sp³-hybridized carbons (Fsp3) is 0.600. The van der Waals surface area contributed by atoms with Crippen molar-refractivity contribution in [1.29, 1.82) is 0 Å². The molecule has 0 amide bonds. The van der Waals surface area contributed by atoms with Gasteiger partial charge in [-0.3, -0.25) is 4.79 Å². The molecule has 4 bridgehead atoms. The number of ketones is 1. The average Bonchev–Trinajstić information content (AvgIpc) is 2.65. The van der Waals surface area contributed by atoms with E-state index < -0.39 is 0 Å². The molecule has 4 nitrogen and oxygen atoms in total. The van der Waals surface area contributed by atoms with Gasteiger partial charge in [0.2, 0.25) is 5.69 Å². The summed E-state index contributed by atoms with van der Waals surface area (Å²) in [5.74, 6) is 3.19. The molecule has 4 fully saturated rings. The monoisotopic (exact) mass is 390 g/mol. The van der Waals surface area contributed by atoms with Crippen LogP contribution in [0.4, 0.5) is 5.69 Å². The van der Waals surface area contributed by atoms with E-state index in [9.17, 15) is 4.79 Å². The molecule has 0 atom stereocenters. The van der Waals surface area contributed by atoms with Crippen LogP contribution in [0.25, 0.3) is 10.5 Å². The van der Waals surface area contributed by atoms with Crippen molar-refractivity contribution in [2.75, 3.05) is 7.11 Å². The summed E-state index contributed by atoms with van der Waals surface area (Å²) in [5.41, 5.74) is 3.22. The smallest absolute Gasteiger partial charge is 0.228 e. The molecular formula is C25H30N2O2. The lowest BCUT2D eigenvalue weighted by molar-refractivity contribution is -0.138. The third-order valence-electron chi connectivity index (χ3n) is 7.76. The van der Waals surface area contributed by atoms with E-state index in [-0.39, 0.29) is 11.0 Å². The molecule has 0 aromatic heterocycles. The van der Waals surface area contributed by atoms with Crippen molar-refractivity contribution in [2.24, 2.45) is 23.2 Å². The Hall–Kier alpha value is -2.28. The first-order valence-corrected chi connectivity index (χ1v) is 10.9. The number of carbonyl (C=O) groups excluding carboxylic acids is 1. The third-order valence-corrected chi connectivity index (χ3v) is 7.76. The van der Waals surface area contributed by atoms with Gasteiger partial charge in [0.05, 0.1) is 13.7 Å². The summed E-state index contributed by atoms with van der Waals surface area (Å²) in [6.45, 7) is 11.8. The maximum atomic E-state index is 13.7. The van der Waals surface area contributed by atoms with Gasteiger partial charge in [-0.2, -0.15) is 0 Å². The van der Waals surface area contributed by atoms with Gasteiger partial charge in [0.1, 0.15) is 5.75 Å². The molecule has 0 unspecified atom stereocenters. The summed E-state index contributed by atoms with van der Waals surface area (Å²) in [7, 11) is 1.61. The second-order valence-corrected chi connectivity index (χ2v) is 10.6. The number of carbonyl (C=O) groups is 1. The van der Waals surface area contributed by atoms with Crippen LogP contribution in [0.15, 0.2) is 18.2 Å². The molecule has 4 saturated carbocycles. The molecule has 1 N–H and O–H groups in total. The molecule has 6 rings (SSSR count). The number of nitrogens with one attached hydrogen (secondary N) is 1. The lowest BCUT2D eigenvalue weighted by Gasteiger charge is -2.55. The Morgan fingerprint density at radius 3 is 2.34 bits per heavy atom. The minimum absolute atomic E-state index is 0.139. The van der Waals surface area contributed by atoms with Crippen molar-refractivity contribution in [3.63, 3.8) is 0 Å². The van der Waals surface area contributed by atoms with Crippen molar-refractivity contribution in [1.82, 2.24) is 5.32 Å². The summed E-state index contributed by atoms with van der Waals surface area (Å²) < 4.78 is 5.43. The Bertz CT molecular complexity index is 915. The lowest BCUT2D eigenvalue weighted by Crippen LogP contribution is -2.50. The number of ether oxygens (including phenoxy) is 1. The van der Waals surface area contributed by atoms with Gasteiger partial charge in [0, 0.05) is 22.7 Å². The molecule has 152 valence electrons. The Balaban J connectivity index is 1.55. The van der Waals surface area contributed by atoms with Crippen LogP contribution in [-0.2, 0) is 11.2 Å². The summed E-state index contributed by atoms with van der Waals surface area (Å²) in [6, 6.07) is 3.87. The Kier molecular flexibility index (Phi) is 4.11. The Morgan fingerprint density at radius 2 is 1.79 bits per heavy atom. The van der Waals surface area contributed by atoms with Crippen LogP contribution >= 0.6 is 0 Å². The van der Waals surface area contributed by atoms with Gasteiger partial charge < -0.3 is 10.1 Å². The van der Waals surface area contributed by atoms with Gasteiger partial charge in [0.15, 0.2) is 5.78 Å². The molecule has 0 radical (unpaired) electrons. The van der Waals surface area contributed by atoms with Crippen molar-refractivity contribution in [3.8, 4) is 5.75 Å². The molecule has 5 aliphatic rings. The van der Waals surface area contributed by atoms with Gasteiger partial charge in [-0.05, 0) is 99.8 Å². The first kappa shape index (κ1) is 18.7. The second kappa shape index (κ2) is 6.36. The van der Waals surface area contributed by atoms with Crippen LogP contribution in [0.2, 0.25) is 0 Å². The van der Waals surface area contributed by atoms with Crippen molar-refractivity contribution >= 4 is 17.2 Å². The first-order valence-electron chi connectivity index (χ1n) is 10.9. The second-order valence-electron chi connectivity index (χ2n) is 10.6. The number of nitrogens with zero attached hydrogens (tertiary/aromatic N) is 1. The molecule has 1 aromatic carbocycles. The molecule has 29 heavy (non-hydrogen) atoms. The predicted octanol–water partition coefficient (Wildman–Crippen LogP) is 5.30. The first-order chi connectivity index (χ1) is 13.8. The maximum absolute atomic E-state index is 13.7. The van der Waals surface area contributed by atoms with E-state index in [2.05, 4.69) is 24.0 Å². The van der Waals surface area contributed by atoms with Gasteiger partial charge in [-0.25, -0.2) is 4.85 Å². The standard InChI is InChI=1S/C25H30N2O2/c1-24(2)14-18-8-22(29-4)21(26-3)9-19(18)20(27-24)10-23(28)25-11-15-5-16(12-25)7-17(6-15)13-25/h8-10,15-17,27H,5-7,11-14H2,1-2,4H3/b20-10-. The Labute approximate surface area is 173 Å². The summed E-state index contributed by atoms with van der Waals surface area (Å²) in [5, 5.41) is 3.60. The molecule has 1 heterocycles. The van der Waals surface area contributed by atoms with Crippen LogP contribution in [0.5, 0.6) is 5.75 Å². The zero-order valence-electron chi connectivity index (χ0n) is 17.7. The SMILES string of the molecule is [C-]#[N+]c1cc2c(cc1OC)CC(C)(C)N/C2=C\C(=O)C12CC3CC(CC(C3)C1)C2. The molecule has 1 aliphatic heterocycles. The van der Waals surface area contributed by atoms with Gasteiger partial charge in [-0.1, -0.05) is 0 Å². The molecule has 1 aromatic rings. The van der Waals surface area contributed by atoms with Crippen molar-refractivity contribution < 1.29 is 9.53 Å². The lowest BCUT2D eigenvalue weighted by atomic mass is 9.48. The van der Waals surface area contributed by atoms with Crippen LogP contribution in [-0.4, -0.2) is 18.4 Å². The van der Waals surface area contributed by atoms with Crippen LogP contribution in [0.3, 0.4) is 0 Å². The van der Waals surface area contributed by atoms with E-state index in [1.54, 1.807) is 7.11 Å².